The van der Waals surface area contributed by atoms with Crippen molar-refractivity contribution in [2.24, 2.45) is 0 Å². The Morgan fingerprint density at radius 3 is 2.70 bits per heavy atom. The summed E-state index contributed by atoms with van der Waals surface area (Å²) in [5, 5.41) is 0. The summed E-state index contributed by atoms with van der Waals surface area (Å²) in [5.74, 6) is 0. The van der Waals surface area contributed by atoms with Crippen molar-refractivity contribution in [1.29, 1.82) is 0 Å². The maximum absolute atomic E-state index is 10.4. The molecule has 52 valence electrons. The van der Waals surface area contributed by atoms with Gasteiger partial charge in [-0.3, -0.25) is 9.78 Å². The van der Waals surface area contributed by atoms with Gasteiger partial charge in [-0.2, -0.15) is 0 Å². The van der Waals surface area contributed by atoms with Crippen LogP contribution in [0.5, 0.6) is 0 Å². The lowest BCUT2D eigenvalue weighted by Gasteiger charge is -1.97. The van der Waals surface area contributed by atoms with E-state index in [9.17, 15) is 4.79 Å². The molecule has 0 bridgehead atoms. The molecular formula is C7H6BrNO. The molecule has 3 heteroatoms. The number of pyridine rings is 1. The van der Waals surface area contributed by atoms with E-state index >= 15 is 0 Å². The van der Waals surface area contributed by atoms with Gasteiger partial charge in [-0.15, -0.1) is 0 Å². The van der Waals surface area contributed by atoms with E-state index in [1.807, 2.05) is 6.92 Å². The molecule has 2 nitrogen and oxygen atoms in total. The number of hydrogen-bond donors (Lipinski definition) is 0. The molecule has 0 aliphatic carbocycles. The van der Waals surface area contributed by atoms with Crippen LogP contribution >= 0.6 is 15.9 Å². The Morgan fingerprint density at radius 2 is 2.30 bits per heavy atom. The zero-order valence-electron chi connectivity index (χ0n) is 5.47. The Hall–Kier alpha value is -0.700. The summed E-state index contributed by atoms with van der Waals surface area (Å²) in [6.45, 7) is 1.85. The van der Waals surface area contributed by atoms with Crippen molar-refractivity contribution in [2.75, 3.05) is 0 Å². The second kappa shape index (κ2) is 2.92. The van der Waals surface area contributed by atoms with Crippen LogP contribution in [-0.4, -0.2) is 11.3 Å². The first-order valence-corrected chi connectivity index (χ1v) is 3.60. The fourth-order valence-electron chi connectivity index (χ4n) is 0.691. The van der Waals surface area contributed by atoms with Crippen molar-refractivity contribution < 1.29 is 4.79 Å². The number of rotatable bonds is 1. The molecule has 1 aromatic heterocycles. The van der Waals surface area contributed by atoms with E-state index < -0.39 is 0 Å². The average Bonchev–Trinajstić information content (AvgIpc) is 1.88. The summed E-state index contributed by atoms with van der Waals surface area (Å²) in [6.07, 6.45) is 4.09. The first-order chi connectivity index (χ1) is 4.75. The van der Waals surface area contributed by atoms with Gasteiger partial charge in [0.15, 0.2) is 6.29 Å². The molecule has 0 saturated carbocycles. The van der Waals surface area contributed by atoms with Crippen LogP contribution in [-0.2, 0) is 0 Å². The van der Waals surface area contributed by atoms with Crippen LogP contribution in [0.1, 0.15) is 15.9 Å². The number of nitrogens with zero attached hydrogens (tertiary/aromatic N) is 1. The molecule has 0 amide bonds. The lowest BCUT2D eigenvalue weighted by molar-refractivity contribution is 0.112. The number of aryl methyl sites for hydroxylation is 1. The fraction of sp³-hybridized carbons (Fsp3) is 0.143. The molecule has 0 fully saturated rings. The molecule has 1 rings (SSSR count). The van der Waals surface area contributed by atoms with Crippen LogP contribution in [0.2, 0.25) is 0 Å². The number of halogens is 1. The summed E-state index contributed by atoms with van der Waals surface area (Å²) in [5.41, 5.74) is 1.57. The third-order valence-electron chi connectivity index (χ3n) is 1.26. The highest BCUT2D eigenvalue weighted by atomic mass is 79.9. The molecule has 0 atom stereocenters. The van der Waals surface area contributed by atoms with Gasteiger partial charge in [0.25, 0.3) is 0 Å². The third-order valence-corrected chi connectivity index (χ3v) is 1.89. The normalized spacial score (nSPS) is 9.40. The van der Waals surface area contributed by atoms with Crippen LogP contribution in [0.3, 0.4) is 0 Å². The first kappa shape index (κ1) is 7.41. The second-order valence-electron chi connectivity index (χ2n) is 1.97. The highest BCUT2D eigenvalue weighted by Crippen LogP contribution is 2.15. The zero-order valence-corrected chi connectivity index (χ0v) is 7.05. The predicted molar refractivity (Wildman–Crippen MR) is 42.1 cm³/mol. The van der Waals surface area contributed by atoms with E-state index in [1.54, 1.807) is 12.4 Å². The first-order valence-electron chi connectivity index (χ1n) is 2.81. The maximum Gasteiger partial charge on any atom is 0.151 e. The Kier molecular flexibility index (Phi) is 2.17. The number of carbonyl (C=O) groups excluding carboxylic acids is 1. The van der Waals surface area contributed by atoms with E-state index in [2.05, 4.69) is 20.9 Å². The van der Waals surface area contributed by atoms with Crippen molar-refractivity contribution >= 4 is 22.2 Å². The molecular weight excluding hydrogens is 194 g/mol. The van der Waals surface area contributed by atoms with Crippen molar-refractivity contribution in [3.05, 3.63) is 28.0 Å². The molecule has 0 unspecified atom stereocenters. The van der Waals surface area contributed by atoms with E-state index in [1.165, 1.54) is 0 Å². The molecule has 1 heterocycles. The minimum atomic E-state index is 0.676. The molecule has 10 heavy (non-hydrogen) atoms. The van der Waals surface area contributed by atoms with Gasteiger partial charge in [-0.1, -0.05) is 0 Å². The third kappa shape index (κ3) is 1.24. The summed E-state index contributed by atoms with van der Waals surface area (Å²) in [7, 11) is 0. The van der Waals surface area contributed by atoms with Crippen LogP contribution in [0.15, 0.2) is 16.9 Å². The van der Waals surface area contributed by atoms with Gasteiger partial charge in [-0.25, -0.2) is 0 Å². The van der Waals surface area contributed by atoms with Gasteiger partial charge in [0.1, 0.15) is 0 Å². The highest BCUT2D eigenvalue weighted by Gasteiger charge is 2.00. The van der Waals surface area contributed by atoms with Gasteiger partial charge in [0.2, 0.25) is 0 Å². The number of aldehydes is 1. The summed E-state index contributed by atoms with van der Waals surface area (Å²) in [6, 6.07) is 0. The molecule has 1 aromatic rings. The molecule has 0 aliphatic heterocycles. The van der Waals surface area contributed by atoms with E-state index in [4.69, 9.17) is 0 Å². The second-order valence-corrected chi connectivity index (χ2v) is 2.82. The number of carbonyl (C=O) groups is 1. The smallest absolute Gasteiger partial charge is 0.151 e. The average molecular weight is 200 g/mol. The molecule has 0 aromatic carbocycles. The molecule has 0 radical (unpaired) electrons. The predicted octanol–water partition coefficient (Wildman–Crippen LogP) is 1.97. The van der Waals surface area contributed by atoms with Crippen molar-refractivity contribution in [3.63, 3.8) is 0 Å². The van der Waals surface area contributed by atoms with Gasteiger partial charge < -0.3 is 0 Å². The Balaban J connectivity index is 3.30. The van der Waals surface area contributed by atoms with E-state index in [0.717, 1.165) is 16.3 Å². The summed E-state index contributed by atoms with van der Waals surface area (Å²) in [4.78, 5) is 14.3. The quantitative estimate of drug-likeness (QED) is 0.648. The summed E-state index contributed by atoms with van der Waals surface area (Å²) < 4.78 is 0.752. The van der Waals surface area contributed by atoms with Crippen LogP contribution in [0.25, 0.3) is 0 Å². The monoisotopic (exact) mass is 199 g/mol. The summed E-state index contributed by atoms with van der Waals surface area (Å²) >= 11 is 3.21. The SMILES string of the molecule is Cc1cncc(Br)c1C=O. The standard InChI is InChI=1S/C7H6BrNO/c1-5-2-9-3-7(8)6(5)4-10/h2-4H,1H3. The Morgan fingerprint density at radius 1 is 1.60 bits per heavy atom. The Labute approximate surface area is 67.4 Å². The fourth-order valence-corrected chi connectivity index (χ4v) is 1.22. The number of hydrogen-bond acceptors (Lipinski definition) is 2. The van der Waals surface area contributed by atoms with Gasteiger partial charge >= 0.3 is 0 Å². The lowest BCUT2D eigenvalue weighted by Crippen LogP contribution is -1.88. The largest absolute Gasteiger partial charge is 0.298 e. The molecule has 0 saturated heterocycles. The van der Waals surface area contributed by atoms with E-state index in [-0.39, 0.29) is 0 Å². The minimum Gasteiger partial charge on any atom is -0.298 e. The molecule has 0 N–H and O–H groups in total. The van der Waals surface area contributed by atoms with Crippen LogP contribution < -0.4 is 0 Å². The maximum atomic E-state index is 10.4. The highest BCUT2D eigenvalue weighted by molar-refractivity contribution is 9.10. The van der Waals surface area contributed by atoms with Gasteiger partial charge in [-0.05, 0) is 28.4 Å². The molecule has 0 aliphatic rings. The van der Waals surface area contributed by atoms with Gasteiger partial charge in [0.05, 0.1) is 0 Å². The zero-order chi connectivity index (χ0) is 7.56. The lowest BCUT2D eigenvalue weighted by atomic mass is 10.2. The number of aromatic nitrogens is 1. The topological polar surface area (TPSA) is 30.0 Å². The van der Waals surface area contributed by atoms with Gasteiger partial charge in [0, 0.05) is 22.4 Å². The van der Waals surface area contributed by atoms with Crippen molar-refractivity contribution in [2.45, 2.75) is 6.92 Å². The van der Waals surface area contributed by atoms with Crippen molar-refractivity contribution in [1.82, 2.24) is 4.98 Å². The molecule has 0 spiro atoms. The Bertz CT molecular complexity index is 240. The van der Waals surface area contributed by atoms with Crippen LogP contribution in [0.4, 0.5) is 0 Å². The minimum absolute atomic E-state index is 0.676. The van der Waals surface area contributed by atoms with Crippen molar-refractivity contribution in [3.8, 4) is 0 Å². The van der Waals surface area contributed by atoms with E-state index in [0.29, 0.717) is 5.56 Å². The van der Waals surface area contributed by atoms with Crippen LogP contribution in [0, 0.1) is 6.92 Å².